The van der Waals surface area contributed by atoms with E-state index in [1.54, 1.807) is 6.07 Å². The van der Waals surface area contributed by atoms with Gasteiger partial charge in [0.15, 0.2) is 0 Å². The summed E-state index contributed by atoms with van der Waals surface area (Å²) in [6.07, 6.45) is 4.86. The summed E-state index contributed by atoms with van der Waals surface area (Å²) in [6, 6.07) is 12.6. The molecule has 3 aliphatic heterocycles. The fourth-order valence-corrected chi connectivity index (χ4v) is 7.01. The molecule has 36 heavy (non-hydrogen) atoms. The van der Waals surface area contributed by atoms with E-state index in [0.29, 0.717) is 22.3 Å². The van der Waals surface area contributed by atoms with Gasteiger partial charge >= 0.3 is 0 Å². The first-order valence-corrected chi connectivity index (χ1v) is 13.6. The van der Waals surface area contributed by atoms with Crippen LogP contribution in [0.3, 0.4) is 0 Å². The molecule has 5 rings (SSSR count). The Hall–Kier alpha value is -2.34. The van der Waals surface area contributed by atoms with Crippen LogP contribution >= 0.6 is 23.2 Å². The van der Waals surface area contributed by atoms with Gasteiger partial charge in [-0.15, -0.1) is 0 Å². The van der Waals surface area contributed by atoms with Crippen LogP contribution in [0.15, 0.2) is 54.6 Å². The normalized spacial score (nSPS) is 26.2. The van der Waals surface area contributed by atoms with Crippen molar-refractivity contribution >= 4 is 40.7 Å². The molecule has 0 bridgehead atoms. The van der Waals surface area contributed by atoms with Gasteiger partial charge in [0, 0.05) is 34.6 Å². The lowest BCUT2D eigenvalue weighted by Crippen LogP contribution is -2.63. The summed E-state index contributed by atoms with van der Waals surface area (Å²) >= 11 is 12.7. The number of halogens is 2. The third-order valence-electron chi connectivity index (χ3n) is 8.08. The molecular weight excluding hydrogens is 493 g/mol. The average Bonchev–Trinajstić information content (AvgIpc) is 3.12. The number of nitrogens with zero attached hydrogens (tertiary/aromatic N) is 2. The number of benzene rings is 2. The van der Waals surface area contributed by atoms with E-state index >= 15 is 0 Å². The van der Waals surface area contributed by atoms with Crippen LogP contribution in [0.4, 0.5) is 5.69 Å². The number of hydrogen-bond acceptors (Lipinski definition) is 3. The molecule has 1 N–H and O–H groups in total. The maximum absolute atomic E-state index is 14.1. The number of carbonyl (C=O) groups excluding carboxylic acids is 2. The van der Waals surface area contributed by atoms with Crippen molar-refractivity contribution in [3.63, 3.8) is 0 Å². The van der Waals surface area contributed by atoms with Gasteiger partial charge in [0.2, 0.25) is 11.8 Å². The van der Waals surface area contributed by atoms with E-state index in [0.717, 1.165) is 42.8 Å². The Morgan fingerprint density at radius 3 is 2.53 bits per heavy atom. The quantitative estimate of drug-likeness (QED) is 0.469. The van der Waals surface area contributed by atoms with Crippen LogP contribution in [0.5, 0.6) is 0 Å². The van der Waals surface area contributed by atoms with Crippen LogP contribution in [0.25, 0.3) is 0 Å². The summed E-state index contributed by atoms with van der Waals surface area (Å²) in [7, 11) is 0. The molecule has 5 nitrogen and oxygen atoms in total. The lowest BCUT2D eigenvalue weighted by Gasteiger charge is -2.52. The second-order valence-corrected chi connectivity index (χ2v) is 11.3. The van der Waals surface area contributed by atoms with Gasteiger partial charge in [0.1, 0.15) is 5.41 Å². The maximum atomic E-state index is 14.1. The largest absolute Gasteiger partial charge is 0.334 e. The first-order valence-electron chi connectivity index (χ1n) is 12.9. The van der Waals surface area contributed by atoms with Crippen molar-refractivity contribution < 1.29 is 9.59 Å². The number of hydrogen-bond donors (Lipinski definition) is 1. The van der Waals surface area contributed by atoms with E-state index < -0.39 is 11.5 Å². The van der Waals surface area contributed by atoms with Crippen molar-refractivity contribution in [1.29, 1.82) is 0 Å². The predicted molar refractivity (Wildman–Crippen MR) is 146 cm³/mol. The Bertz CT molecular complexity index is 1190. The summed E-state index contributed by atoms with van der Waals surface area (Å²) in [6.45, 7) is 10.0. The monoisotopic (exact) mass is 525 g/mol. The van der Waals surface area contributed by atoms with E-state index in [-0.39, 0.29) is 24.2 Å². The highest BCUT2D eigenvalue weighted by molar-refractivity contribution is 6.31. The SMILES string of the molecule is C=C(C)[C@H]1N(CCCN2CCCCC2)C(=O)C[C@@H](c2cccc(Cl)c2)[C@]12C(=O)Nc1cc(Cl)ccc12. The maximum Gasteiger partial charge on any atom is 0.238 e. The van der Waals surface area contributed by atoms with Gasteiger partial charge in [-0.2, -0.15) is 0 Å². The molecule has 7 heteroatoms. The molecule has 0 unspecified atom stereocenters. The van der Waals surface area contributed by atoms with E-state index in [9.17, 15) is 9.59 Å². The van der Waals surface area contributed by atoms with Crippen molar-refractivity contribution in [2.75, 3.05) is 31.5 Å². The lowest BCUT2D eigenvalue weighted by molar-refractivity contribution is -0.143. The minimum Gasteiger partial charge on any atom is -0.334 e. The second-order valence-electron chi connectivity index (χ2n) is 10.4. The number of rotatable bonds is 6. The predicted octanol–water partition coefficient (Wildman–Crippen LogP) is 6.02. The third kappa shape index (κ3) is 4.36. The molecule has 3 heterocycles. The van der Waals surface area contributed by atoms with Crippen LogP contribution in [0.1, 0.15) is 56.1 Å². The Balaban J connectivity index is 1.58. The number of fused-ring (bicyclic) bond motifs is 2. The van der Waals surface area contributed by atoms with E-state index in [1.165, 1.54) is 19.3 Å². The smallest absolute Gasteiger partial charge is 0.238 e. The van der Waals surface area contributed by atoms with E-state index in [1.807, 2.05) is 48.2 Å². The zero-order valence-corrected chi connectivity index (χ0v) is 22.2. The van der Waals surface area contributed by atoms with Crippen LogP contribution in [0, 0.1) is 0 Å². The molecule has 1 spiro atoms. The summed E-state index contributed by atoms with van der Waals surface area (Å²) in [4.78, 5) is 32.3. The zero-order chi connectivity index (χ0) is 25.4. The summed E-state index contributed by atoms with van der Waals surface area (Å²) in [5, 5.41) is 4.24. The third-order valence-corrected chi connectivity index (χ3v) is 8.55. The standard InChI is InChI=1S/C29H33Cl2N3O2/c1-19(2)27-29(23-11-10-22(31)17-25(23)32-28(29)36)24(20-8-6-9-21(30)16-20)18-26(35)34(27)15-7-14-33-12-4-3-5-13-33/h6,8-11,16-17,24,27H,1,3-5,7,12-15,18H2,2H3,(H,32,36)/t24-,27+,29-/m0/s1. The van der Waals surface area contributed by atoms with Crippen LogP contribution in [0.2, 0.25) is 10.0 Å². The lowest BCUT2D eigenvalue weighted by atomic mass is 9.58. The highest BCUT2D eigenvalue weighted by Gasteiger charge is 2.63. The number of nitrogens with one attached hydrogen (secondary N) is 1. The molecule has 2 fully saturated rings. The van der Waals surface area contributed by atoms with Crippen molar-refractivity contribution in [1.82, 2.24) is 9.80 Å². The number of carbonyl (C=O) groups is 2. The van der Waals surface area contributed by atoms with Gasteiger partial charge in [-0.1, -0.05) is 60.0 Å². The van der Waals surface area contributed by atoms with Gasteiger partial charge in [0.25, 0.3) is 0 Å². The van der Waals surface area contributed by atoms with Gasteiger partial charge in [-0.25, -0.2) is 0 Å². The summed E-state index contributed by atoms with van der Waals surface area (Å²) in [5.41, 5.74) is 2.23. The summed E-state index contributed by atoms with van der Waals surface area (Å²) in [5.74, 6) is -0.454. The number of anilines is 1. The number of amides is 2. The fourth-order valence-electron chi connectivity index (χ4n) is 6.64. The molecule has 2 amide bonds. The van der Waals surface area contributed by atoms with Crippen LogP contribution in [-0.2, 0) is 15.0 Å². The Morgan fingerprint density at radius 1 is 1.06 bits per heavy atom. The molecular formula is C29H33Cl2N3O2. The molecule has 0 saturated carbocycles. The molecule has 2 aromatic rings. The second kappa shape index (κ2) is 10.2. The van der Waals surface area contributed by atoms with Crippen LogP contribution < -0.4 is 5.32 Å². The fraction of sp³-hybridized carbons (Fsp3) is 0.448. The Morgan fingerprint density at radius 2 is 1.81 bits per heavy atom. The highest BCUT2D eigenvalue weighted by atomic mass is 35.5. The average molecular weight is 527 g/mol. The van der Waals surface area contributed by atoms with E-state index in [4.69, 9.17) is 23.2 Å². The topological polar surface area (TPSA) is 52.7 Å². The van der Waals surface area contributed by atoms with Crippen molar-refractivity contribution in [2.45, 2.75) is 56.4 Å². The van der Waals surface area contributed by atoms with E-state index in [2.05, 4.69) is 16.8 Å². The summed E-state index contributed by atoms with van der Waals surface area (Å²) < 4.78 is 0. The molecule has 0 radical (unpaired) electrons. The number of piperidine rings is 2. The minimum atomic E-state index is -1.02. The van der Waals surface area contributed by atoms with Crippen molar-refractivity contribution in [3.8, 4) is 0 Å². The molecule has 2 aromatic carbocycles. The van der Waals surface area contributed by atoms with Gasteiger partial charge in [-0.3, -0.25) is 9.59 Å². The molecule has 3 atom stereocenters. The van der Waals surface area contributed by atoms with Crippen LogP contribution in [-0.4, -0.2) is 53.8 Å². The molecule has 2 saturated heterocycles. The molecule has 190 valence electrons. The van der Waals surface area contributed by atoms with Crippen molar-refractivity contribution in [3.05, 3.63) is 75.8 Å². The first kappa shape index (κ1) is 25.3. The molecule has 0 aliphatic carbocycles. The first-order chi connectivity index (χ1) is 17.3. The molecule has 0 aromatic heterocycles. The van der Waals surface area contributed by atoms with Gasteiger partial charge in [-0.05, 0) is 81.2 Å². The number of likely N-dealkylation sites (tertiary alicyclic amines) is 2. The van der Waals surface area contributed by atoms with Gasteiger partial charge < -0.3 is 15.1 Å². The Labute approximate surface area is 223 Å². The van der Waals surface area contributed by atoms with Gasteiger partial charge in [0.05, 0.1) is 6.04 Å². The van der Waals surface area contributed by atoms with Crippen molar-refractivity contribution in [2.24, 2.45) is 0 Å². The zero-order valence-electron chi connectivity index (χ0n) is 20.7. The molecule has 3 aliphatic rings. The Kier molecular flexibility index (Phi) is 7.17. The highest BCUT2D eigenvalue weighted by Crippen LogP contribution is 2.56. The minimum absolute atomic E-state index is 0.0486.